The SMILES string of the molecule is CC(C)[C@]1(C)NC(=O)N(C[C@H](O)CN2CCN(c3ccccc3)CC2)C1=O. The normalized spacial score (nSPS) is 25.2. The third-order valence-corrected chi connectivity index (χ3v) is 5.81. The molecule has 2 fully saturated rings. The highest BCUT2D eigenvalue weighted by molar-refractivity contribution is 6.07. The highest BCUT2D eigenvalue weighted by Crippen LogP contribution is 2.25. The van der Waals surface area contributed by atoms with E-state index in [1.807, 2.05) is 32.0 Å². The molecule has 3 rings (SSSR count). The smallest absolute Gasteiger partial charge is 0.325 e. The van der Waals surface area contributed by atoms with E-state index in [1.165, 1.54) is 5.69 Å². The molecule has 0 aromatic heterocycles. The molecule has 0 unspecified atom stereocenters. The zero-order valence-electron chi connectivity index (χ0n) is 16.4. The van der Waals surface area contributed by atoms with Gasteiger partial charge in [0.15, 0.2) is 0 Å². The average Bonchev–Trinajstić information content (AvgIpc) is 2.87. The Labute approximate surface area is 160 Å². The van der Waals surface area contributed by atoms with E-state index in [0.717, 1.165) is 31.1 Å². The number of aliphatic hydroxyl groups is 1. The van der Waals surface area contributed by atoms with Crippen molar-refractivity contribution < 1.29 is 14.7 Å². The summed E-state index contributed by atoms with van der Waals surface area (Å²) in [6.07, 6.45) is -0.752. The lowest BCUT2D eigenvalue weighted by molar-refractivity contribution is -0.133. The number of anilines is 1. The van der Waals surface area contributed by atoms with Gasteiger partial charge in [0.1, 0.15) is 5.54 Å². The zero-order valence-corrected chi connectivity index (χ0v) is 16.4. The Kier molecular flexibility index (Phi) is 5.72. The maximum atomic E-state index is 12.6. The third kappa shape index (κ3) is 4.09. The molecule has 3 amide bonds. The Balaban J connectivity index is 1.50. The van der Waals surface area contributed by atoms with Crippen molar-refractivity contribution in [2.75, 3.05) is 44.2 Å². The number of para-hydroxylation sites is 1. The third-order valence-electron chi connectivity index (χ3n) is 5.81. The maximum absolute atomic E-state index is 12.6. The molecule has 0 bridgehead atoms. The topological polar surface area (TPSA) is 76.1 Å². The number of nitrogens with one attached hydrogen (secondary N) is 1. The molecule has 7 nitrogen and oxygen atoms in total. The highest BCUT2D eigenvalue weighted by atomic mass is 16.3. The first kappa shape index (κ1) is 19.6. The number of nitrogens with zero attached hydrogens (tertiary/aromatic N) is 3. The van der Waals surface area contributed by atoms with Gasteiger partial charge >= 0.3 is 6.03 Å². The molecule has 2 saturated heterocycles. The standard InChI is InChI=1S/C20H30N4O3/c1-15(2)20(3)18(26)24(19(27)21-20)14-17(25)13-22-9-11-23(12-10-22)16-7-5-4-6-8-16/h4-8,15,17,25H,9-14H2,1-3H3,(H,21,27)/t17-,20+/m1/s1. The van der Waals surface area contributed by atoms with E-state index in [1.54, 1.807) is 6.92 Å². The number of piperazine rings is 1. The van der Waals surface area contributed by atoms with Crippen LogP contribution in [0, 0.1) is 5.92 Å². The first-order valence-corrected chi connectivity index (χ1v) is 9.66. The monoisotopic (exact) mass is 374 g/mol. The molecular formula is C20H30N4O3. The summed E-state index contributed by atoms with van der Waals surface area (Å²) >= 11 is 0. The Morgan fingerprint density at radius 1 is 1.07 bits per heavy atom. The number of aliphatic hydroxyl groups excluding tert-OH is 1. The zero-order chi connectivity index (χ0) is 19.6. The molecule has 0 saturated carbocycles. The van der Waals surface area contributed by atoms with Gasteiger partial charge in [-0.15, -0.1) is 0 Å². The van der Waals surface area contributed by atoms with E-state index in [-0.39, 0.29) is 18.4 Å². The molecule has 2 aliphatic heterocycles. The summed E-state index contributed by atoms with van der Waals surface area (Å²) < 4.78 is 0. The van der Waals surface area contributed by atoms with E-state index in [0.29, 0.717) is 6.54 Å². The van der Waals surface area contributed by atoms with Crippen LogP contribution in [-0.2, 0) is 4.79 Å². The summed E-state index contributed by atoms with van der Waals surface area (Å²) in [5.41, 5.74) is 0.322. The molecule has 0 aliphatic carbocycles. The van der Waals surface area contributed by atoms with E-state index in [4.69, 9.17) is 0 Å². The minimum atomic E-state index is -0.891. The fourth-order valence-electron chi connectivity index (χ4n) is 3.67. The first-order valence-electron chi connectivity index (χ1n) is 9.66. The quantitative estimate of drug-likeness (QED) is 0.730. The summed E-state index contributed by atoms with van der Waals surface area (Å²) in [6.45, 7) is 9.52. The Hall–Kier alpha value is -2.12. The largest absolute Gasteiger partial charge is 0.390 e. The molecule has 1 aromatic rings. The molecule has 2 heterocycles. The van der Waals surface area contributed by atoms with Crippen LogP contribution in [0.5, 0.6) is 0 Å². The van der Waals surface area contributed by atoms with Crippen LogP contribution in [-0.4, -0.2) is 77.8 Å². The minimum absolute atomic E-state index is 0.0119. The van der Waals surface area contributed by atoms with Crippen molar-refractivity contribution in [3.8, 4) is 0 Å². The van der Waals surface area contributed by atoms with E-state index >= 15 is 0 Å². The van der Waals surface area contributed by atoms with Crippen molar-refractivity contribution >= 4 is 17.6 Å². The first-order chi connectivity index (χ1) is 12.8. The van der Waals surface area contributed by atoms with Crippen LogP contribution in [0.2, 0.25) is 0 Å². The van der Waals surface area contributed by atoms with Gasteiger partial charge in [-0.1, -0.05) is 32.0 Å². The summed E-state index contributed by atoms with van der Waals surface area (Å²) in [6, 6.07) is 9.88. The summed E-state index contributed by atoms with van der Waals surface area (Å²) in [5.74, 6) is -0.266. The number of carbonyl (C=O) groups is 2. The van der Waals surface area contributed by atoms with Gasteiger partial charge in [-0.3, -0.25) is 14.6 Å². The fraction of sp³-hybridized carbons (Fsp3) is 0.600. The molecule has 148 valence electrons. The highest BCUT2D eigenvalue weighted by Gasteiger charge is 2.50. The van der Waals surface area contributed by atoms with Crippen molar-refractivity contribution in [3.05, 3.63) is 30.3 Å². The van der Waals surface area contributed by atoms with E-state index in [2.05, 4.69) is 27.2 Å². The number of amides is 3. The van der Waals surface area contributed by atoms with Crippen LogP contribution >= 0.6 is 0 Å². The number of β-amino-alcohol motifs (C(OH)–C–C–N with tert-alkyl or cyclic N) is 1. The van der Waals surface area contributed by atoms with Gasteiger partial charge in [0.05, 0.1) is 12.6 Å². The molecule has 0 spiro atoms. The number of hydrogen-bond acceptors (Lipinski definition) is 5. The fourth-order valence-corrected chi connectivity index (χ4v) is 3.67. The molecule has 0 radical (unpaired) electrons. The lowest BCUT2D eigenvalue weighted by Crippen LogP contribution is -2.51. The Bertz CT molecular complexity index is 673. The van der Waals surface area contributed by atoms with Crippen molar-refractivity contribution in [3.63, 3.8) is 0 Å². The van der Waals surface area contributed by atoms with Crippen LogP contribution < -0.4 is 10.2 Å². The molecule has 7 heteroatoms. The molecule has 2 N–H and O–H groups in total. The van der Waals surface area contributed by atoms with Crippen molar-refractivity contribution in [1.29, 1.82) is 0 Å². The minimum Gasteiger partial charge on any atom is -0.390 e. The Morgan fingerprint density at radius 3 is 2.26 bits per heavy atom. The van der Waals surface area contributed by atoms with Crippen LogP contribution in [0.3, 0.4) is 0 Å². The van der Waals surface area contributed by atoms with Gasteiger partial charge in [0.25, 0.3) is 5.91 Å². The number of imide groups is 1. The summed E-state index contributed by atoms with van der Waals surface area (Å²) in [7, 11) is 0. The van der Waals surface area contributed by atoms with Crippen LogP contribution in [0.25, 0.3) is 0 Å². The number of carbonyl (C=O) groups excluding carboxylic acids is 2. The molecule has 2 aliphatic rings. The number of urea groups is 1. The lowest BCUT2D eigenvalue weighted by atomic mass is 9.88. The van der Waals surface area contributed by atoms with Crippen LogP contribution in [0.15, 0.2) is 30.3 Å². The van der Waals surface area contributed by atoms with Crippen molar-refractivity contribution in [2.45, 2.75) is 32.4 Å². The molecular weight excluding hydrogens is 344 g/mol. The second-order valence-corrected chi connectivity index (χ2v) is 7.98. The summed E-state index contributed by atoms with van der Waals surface area (Å²) in [4.78, 5) is 30.5. The second-order valence-electron chi connectivity index (χ2n) is 7.98. The van der Waals surface area contributed by atoms with Crippen LogP contribution in [0.4, 0.5) is 10.5 Å². The predicted octanol–water partition coefficient (Wildman–Crippen LogP) is 1.14. The van der Waals surface area contributed by atoms with Crippen LogP contribution in [0.1, 0.15) is 20.8 Å². The van der Waals surface area contributed by atoms with Gasteiger partial charge in [0.2, 0.25) is 0 Å². The van der Waals surface area contributed by atoms with E-state index in [9.17, 15) is 14.7 Å². The summed E-state index contributed by atoms with van der Waals surface area (Å²) in [5, 5.41) is 13.2. The number of hydrogen-bond donors (Lipinski definition) is 2. The van der Waals surface area contributed by atoms with Gasteiger partial charge in [0, 0.05) is 38.4 Å². The predicted molar refractivity (Wildman–Crippen MR) is 105 cm³/mol. The average molecular weight is 374 g/mol. The van der Waals surface area contributed by atoms with Gasteiger partial charge in [-0.05, 0) is 25.0 Å². The molecule has 27 heavy (non-hydrogen) atoms. The Morgan fingerprint density at radius 2 is 1.70 bits per heavy atom. The van der Waals surface area contributed by atoms with Crippen molar-refractivity contribution in [1.82, 2.24) is 15.1 Å². The second kappa shape index (κ2) is 7.86. The van der Waals surface area contributed by atoms with Gasteiger partial charge in [-0.25, -0.2) is 4.79 Å². The van der Waals surface area contributed by atoms with Gasteiger partial charge < -0.3 is 15.3 Å². The lowest BCUT2D eigenvalue weighted by Gasteiger charge is -2.37. The van der Waals surface area contributed by atoms with E-state index < -0.39 is 17.7 Å². The molecule has 2 atom stereocenters. The number of benzene rings is 1. The number of rotatable bonds is 6. The van der Waals surface area contributed by atoms with Crippen molar-refractivity contribution in [2.24, 2.45) is 5.92 Å². The molecule has 1 aromatic carbocycles. The maximum Gasteiger partial charge on any atom is 0.325 e. The van der Waals surface area contributed by atoms with Gasteiger partial charge in [-0.2, -0.15) is 0 Å².